The van der Waals surface area contributed by atoms with E-state index in [2.05, 4.69) is 14.6 Å². The Labute approximate surface area is 136 Å². The van der Waals surface area contributed by atoms with Gasteiger partial charge in [0.2, 0.25) is 10.0 Å². The summed E-state index contributed by atoms with van der Waals surface area (Å²) in [5.41, 5.74) is 3.07. The quantitative estimate of drug-likeness (QED) is 0.681. The van der Waals surface area contributed by atoms with Crippen LogP contribution in [0.25, 0.3) is 10.9 Å². The van der Waals surface area contributed by atoms with E-state index in [1.165, 1.54) is 12.6 Å². The highest BCUT2D eigenvalue weighted by molar-refractivity contribution is 7.88. The minimum Gasteiger partial charge on any atom is -0.483 e. The molecule has 0 aliphatic carbocycles. The molecule has 2 rings (SSSR count). The minimum absolute atomic E-state index is 0.0116. The van der Waals surface area contributed by atoms with Crippen molar-refractivity contribution in [3.8, 4) is 0 Å². The second-order valence-corrected chi connectivity index (χ2v) is 7.24. The number of aromatic amines is 1. The van der Waals surface area contributed by atoms with Crippen molar-refractivity contribution in [3.63, 3.8) is 0 Å². The Kier molecular flexibility index (Phi) is 7.21. The van der Waals surface area contributed by atoms with E-state index in [-0.39, 0.29) is 12.2 Å². The lowest BCUT2D eigenvalue weighted by molar-refractivity contribution is -0.122. The highest BCUT2D eigenvalue weighted by atomic mass is 32.2. The Morgan fingerprint density at radius 1 is 1.35 bits per heavy atom. The molecule has 0 aliphatic rings. The van der Waals surface area contributed by atoms with Crippen molar-refractivity contribution >= 4 is 27.4 Å². The molecule has 0 unspecified atom stereocenters. The maximum Gasteiger partial charge on any atom is 0.290 e. The van der Waals surface area contributed by atoms with Gasteiger partial charge in [0.15, 0.2) is 0 Å². The first-order valence-corrected chi connectivity index (χ1v) is 8.71. The van der Waals surface area contributed by atoms with Crippen LogP contribution in [-0.2, 0) is 27.0 Å². The van der Waals surface area contributed by atoms with Crippen LogP contribution in [-0.4, -0.2) is 57.6 Å². The summed E-state index contributed by atoms with van der Waals surface area (Å²) in [7, 11) is 2.29. The zero-order valence-electron chi connectivity index (χ0n) is 13.5. The molecule has 0 spiro atoms. The van der Waals surface area contributed by atoms with Gasteiger partial charge in [-0.3, -0.25) is 4.79 Å². The first-order valence-electron chi connectivity index (χ1n) is 7.05. The van der Waals surface area contributed by atoms with Crippen molar-refractivity contribution in [2.45, 2.75) is 12.2 Å². The van der Waals surface area contributed by atoms with Crippen molar-refractivity contribution in [1.82, 2.24) is 14.6 Å². The van der Waals surface area contributed by atoms with Crippen LogP contribution in [0.4, 0.5) is 0 Å². The zero-order valence-corrected chi connectivity index (χ0v) is 14.4. The van der Waals surface area contributed by atoms with Crippen LogP contribution in [0.15, 0.2) is 24.4 Å². The summed E-state index contributed by atoms with van der Waals surface area (Å²) < 4.78 is 25.6. The molecule has 3 N–H and O–H groups in total. The standard InChI is InChI=1S/C14H21N3O2S.CH2O2/c1-15-20(18,19)10-11-4-5-14-13(8-11)12(9-16-14)6-7-17(2)3;2-1-3/h4-5,8-9,15-16H,6-7,10H2,1-3H3;1H,(H,2,3). The van der Waals surface area contributed by atoms with Gasteiger partial charge >= 0.3 is 0 Å². The molecular formula is C15H23N3O4S. The van der Waals surface area contributed by atoms with Gasteiger partial charge in [-0.15, -0.1) is 0 Å². The molecular weight excluding hydrogens is 318 g/mol. The molecule has 7 nitrogen and oxygen atoms in total. The van der Waals surface area contributed by atoms with Gasteiger partial charge in [-0.1, -0.05) is 6.07 Å². The summed E-state index contributed by atoms with van der Waals surface area (Å²) in [4.78, 5) is 13.7. The lowest BCUT2D eigenvalue weighted by Crippen LogP contribution is -2.20. The summed E-state index contributed by atoms with van der Waals surface area (Å²) >= 11 is 0. The van der Waals surface area contributed by atoms with Crippen molar-refractivity contribution in [1.29, 1.82) is 0 Å². The van der Waals surface area contributed by atoms with Gasteiger partial charge < -0.3 is 15.0 Å². The number of nitrogens with one attached hydrogen (secondary N) is 2. The van der Waals surface area contributed by atoms with E-state index in [4.69, 9.17) is 9.90 Å². The fraction of sp³-hybridized carbons (Fsp3) is 0.400. The number of benzene rings is 1. The van der Waals surface area contributed by atoms with E-state index in [0.717, 1.165) is 29.4 Å². The van der Waals surface area contributed by atoms with Crippen LogP contribution in [0.1, 0.15) is 11.1 Å². The Balaban J connectivity index is 0.000000816. The number of H-pyrrole nitrogens is 1. The van der Waals surface area contributed by atoms with Gasteiger partial charge in [0.05, 0.1) is 5.75 Å². The first kappa shape index (κ1) is 19.1. The molecule has 8 heteroatoms. The number of hydrogen-bond donors (Lipinski definition) is 3. The molecule has 128 valence electrons. The largest absolute Gasteiger partial charge is 0.483 e. The molecule has 2 aromatic rings. The van der Waals surface area contributed by atoms with E-state index in [1.807, 2.05) is 38.5 Å². The molecule has 1 aromatic heterocycles. The van der Waals surface area contributed by atoms with Crippen LogP contribution in [0, 0.1) is 0 Å². The number of fused-ring (bicyclic) bond motifs is 1. The summed E-state index contributed by atoms with van der Waals surface area (Å²) in [6.45, 7) is 0.714. The third-order valence-corrected chi connectivity index (χ3v) is 4.66. The average Bonchev–Trinajstić information content (AvgIpc) is 2.88. The number of likely N-dealkylation sites (N-methyl/N-ethyl adjacent to an activating group) is 1. The molecule has 1 heterocycles. The maximum absolute atomic E-state index is 11.6. The third-order valence-electron chi connectivity index (χ3n) is 3.33. The summed E-state index contributed by atoms with van der Waals surface area (Å²) in [5, 5.41) is 8.00. The molecule has 1 aromatic carbocycles. The Morgan fingerprint density at radius 2 is 2.00 bits per heavy atom. The van der Waals surface area contributed by atoms with Crippen LogP contribution in [0.3, 0.4) is 0 Å². The summed E-state index contributed by atoms with van der Waals surface area (Å²) in [5.74, 6) is 0.0116. The Morgan fingerprint density at radius 3 is 2.57 bits per heavy atom. The summed E-state index contributed by atoms with van der Waals surface area (Å²) in [6.07, 6.45) is 2.94. The molecule has 0 saturated heterocycles. The third kappa shape index (κ3) is 6.01. The molecule has 0 amide bonds. The number of carboxylic acid groups (broad SMARTS) is 1. The van der Waals surface area contributed by atoms with Gasteiger partial charge in [-0.2, -0.15) is 0 Å². The molecule has 0 fully saturated rings. The average molecular weight is 341 g/mol. The minimum atomic E-state index is -3.23. The number of sulfonamides is 1. The number of carbonyl (C=O) groups is 1. The predicted molar refractivity (Wildman–Crippen MR) is 90.9 cm³/mol. The Bertz CT molecular complexity index is 738. The zero-order chi connectivity index (χ0) is 17.5. The van der Waals surface area contributed by atoms with Crippen LogP contribution >= 0.6 is 0 Å². The van der Waals surface area contributed by atoms with Gasteiger partial charge in [-0.25, -0.2) is 13.1 Å². The van der Waals surface area contributed by atoms with Gasteiger partial charge in [0.1, 0.15) is 0 Å². The highest BCUT2D eigenvalue weighted by Gasteiger charge is 2.11. The Hall–Kier alpha value is -1.90. The smallest absolute Gasteiger partial charge is 0.290 e. The van der Waals surface area contributed by atoms with Crippen molar-refractivity contribution in [3.05, 3.63) is 35.5 Å². The second-order valence-electron chi connectivity index (χ2n) is 5.32. The predicted octanol–water partition coefficient (Wildman–Crippen LogP) is 1.02. The van der Waals surface area contributed by atoms with Gasteiger partial charge in [-0.05, 0) is 50.8 Å². The number of hydrogen-bond acceptors (Lipinski definition) is 4. The molecule has 23 heavy (non-hydrogen) atoms. The van der Waals surface area contributed by atoms with Crippen molar-refractivity contribution in [2.24, 2.45) is 0 Å². The van der Waals surface area contributed by atoms with E-state index in [9.17, 15) is 8.42 Å². The molecule has 0 aliphatic heterocycles. The summed E-state index contributed by atoms with van der Waals surface area (Å²) in [6, 6.07) is 5.75. The normalized spacial score (nSPS) is 11.3. The molecule has 0 radical (unpaired) electrons. The topological polar surface area (TPSA) is 103 Å². The number of aromatic nitrogens is 1. The fourth-order valence-corrected chi connectivity index (χ4v) is 2.92. The second kappa shape index (κ2) is 8.66. The van der Waals surface area contributed by atoms with Crippen LogP contribution < -0.4 is 4.72 Å². The molecule has 0 saturated carbocycles. The van der Waals surface area contributed by atoms with Crippen LogP contribution in [0.2, 0.25) is 0 Å². The van der Waals surface area contributed by atoms with Crippen molar-refractivity contribution < 1.29 is 18.3 Å². The van der Waals surface area contributed by atoms with Gasteiger partial charge in [0.25, 0.3) is 6.47 Å². The monoisotopic (exact) mass is 341 g/mol. The van der Waals surface area contributed by atoms with E-state index in [1.54, 1.807) is 0 Å². The number of rotatable bonds is 6. The van der Waals surface area contributed by atoms with E-state index in [0.29, 0.717) is 0 Å². The van der Waals surface area contributed by atoms with Crippen molar-refractivity contribution in [2.75, 3.05) is 27.7 Å². The lowest BCUT2D eigenvalue weighted by atomic mass is 10.1. The highest BCUT2D eigenvalue weighted by Crippen LogP contribution is 2.21. The SMILES string of the molecule is CNS(=O)(=O)Cc1ccc2[nH]cc(CCN(C)C)c2c1.O=CO. The van der Waals surface area contributed by atoms with E-state index >= 15 is 0 Å². The fourth-order valence-electron chi connectivity index (χ4n) is 2.16. The molecule has 0 atom stereocenters. The lowest BCUT2D eigenvalue weighted by Gasteiger charge is -2.08. The van der Waals surface area contributed by atoms with Gasteiger partial charge in [0, 0.05) is 23.6 Å². The van der Waals surface area contributed by atoms with Crippen LogP contribution in [0.5, 0.6) is 0 Å². The maximum atomic E-state index is 11.6. The first-order chi connectivity index (χ1) is 10.8. The molecule has 0 bridgehead atoms. The van der Waals surface area contributed by atoms with E-state index < -0.39 is 10.0 Å². The number of nitrogens with zero attached hydrogens (tertiary/aromatic N) is 1.